The van der Waals surface area contributed by atoms with Gasteiger partial charge >= 0.3 is 0 Å². The summed E-state index contributed by atoms with van der Waals surface area (Å²) in [4.78, 5) is 19.5. The molecule has 0 atom stereocenters. The van der Waals surface area contributed by atoms with Crippen LogP contribution in [-0.2, 0) is 7.05 Å². The number of allylic oxidation sites excluding steroid dienone is 1. The van der Waals surface area contributed by atoms with Gasteiger partial charge in [-0.25, -0.2) is 4.39 Å². The number of halogens is 1. The summed E-state index contributed by atoms with van der Waals surface area (Å²) in [6, 6.07) is 13.7. The SMILES string of the molecule is C=CCC(=O)c1ccc(-c2c(-c3ccncc3)c(-c3ccc(F)cc3)nn2C)[nH]1. The van der Waals surface area contributed by atoms with Gasteiger partial charge in [0.25, 0.3) is 0 Å². The molecule has 3 heterocycles. The second kappa shape index (κ2) is 7.67. The Balaban J connectivity index is 1.92. The van der Waals surface area contributed by atoms with Crippen LogP contribution in [0.2, 0.25) is 0 Å². The van der Waals surface area contributed by atoms with E-state index in [4.69, 9.17) is 5.10 Å². The number of H-pyrrole nitrogens is 1. The van der Waals surface area contributed by atoms with Gasteiger partial charge in [-0.3, -0.25) is 14.5 Å². The van der Waals surface area contributed by atoms with Crippen molar-refractivity contribution in [3.05, 3.63) is 85.1 Å². The summed E-state index contributed by atoms with van der Waals surface area (Å²) in [7, 11) is 1.85. The number of Topliss-reactive ketones (excluding diaryl/α,β-unsaturated/α-hetero) is 1. The molecule has 0 aliphatic heterocycles. The molecule has 0 bridgehead atoms. The van der Waals surface area contributed by atoms with Gasteiger partial charge in [0.15, 0.2) is 5.78 Å². The first-order chi connectivity index (χ1) is 14.1. The molecule has 0 amide bonds. The van der Waals surface area contributed by atoms with E-state index in [1.165, 1.54) is 12.1 Å². The fraction of sp³-hybridized carbons (Fsp3) is 0.0870. The van der Waals surface area contributed by atoms with E-state index in [9.17, 15) is 9.18 Å². The average Bonchev–Trinajstić information content (AvgIpc) is 3.34. The number of carbonyl (C=O) groups excluding carboxylic acids is 1. The van der Waals surface area contributed by atoms with Gasteiger partial charge in [-0.2, -0.15) is 5.10 Å². The Hall–Kier alpha value is -3.80. The number of aromatic amines is 1. The Kier molecular flexibility index (Phi) is 4.91. The summed E-state index contributed by atoms with van der Waals surface area (Å²) >= 11 is 0. The van der Waals surface area contributed by atoms with Crippen LogP contribution >= 0.6 is 0 Å². The highest BCUT2D eigenvalue weighted by atomic mass is 19.1. The van der Waals surface area contributed by atoms with Crippen LogP contribution in [0.15, 0.2) is 73.6 Å². The second-order valence-corrected chi connectivity index (χ2v) is 6.64. The van der Waals surface area contributed by atoms with Crippen molar-refractivity contribution in [1.29, 1.82) is 0 Å². The molecule has 6 heteroatoms. The van der Waals surface area contributed by atoms with Crippen LogP contribution in [0.3, 0.4) is 0 Å². The van der Waals surface area contributed by atoms with Crippen molar-refractivity contribution in [2.45, 2.75) is 6.42 Å². The summed E-state index contributed by atoms with van der Waals surface area (Å²) in [6.45, 7) is 3.62. The Bertz CT molecular complexity index is 1170. The maximum Gasteiger partial charge on any atom is 0.182 e. The molecule has 0 saturated heterocycles. The van der Waals surface area contributed by atoms with Crippen molar-refractivity contribution < 1.29 is 9.18 Å². The number of ketones is 1. The first-order valence-corrected chi connectivity index (χ1v) is 9.15. The monoisotopic (exact) mass is 386 g/mol. The lowest BCUT2D eigenvalue weighted by Crippen LogP contribution is -1.99. The van der Waals surface area contributed by atoms with Gasteiger partial charge in [0.1, 0.15) is 11.5 Å². The molecule has 144 valence electrons. The van der Waals surface area contributed by atoms with Crippen molar-refractivity contribution >= 4 is 5.78 Å². The molecule has 0 unspecified atom stereocenters. The van der Waals surface area contributed by atoms with Gasteiger partial charge < -0.3 is 4.98 Å². The van der Waals surface area contributed by atoms with Crippen LogP contribution in [0.5, 0.6) is 0 Å². The zero-order chi connectivity index (χ0) is 20.4. The minimum Gasteiger partial charge on any atom is -0.351 e. The lowest BCUT2D eigenvalue weighted by atomic mass is 9.98. The molecule has 0 saturated carbocycles. The number of nitrogens with zero attached hydrogens (tertiary/aromatic N) is 3. The van der Waals surface area contributed by atoms with Crippen LogP contribution in [0.1, 0.15) is 16.9 Å². The first kappa shape index (κ1) is 18.6. The number of benzene rings is 1. The van der Waals surface area contributed by atoms with Gasteiger partial charge in [-0.15, -0.1) is 6.58 Å². The zero-order valence-electron chi connectivity index (χ0n) is 15.9. The highest BCUT2D eigenvalue weighted by molar-refractivity contribution is 5.97. The van der Waals surface area contributed by atoms with E-state index in [2.05, 4.69) is 16.5 Å². The van der Waals surface area contributed by atoms with Crippen molar-refractivity contribution in [2.75, 3.05) is 0 Å². The lowest BCUT2D eigenvalue weighted by Gasteiger charge is -2.07. The van der Waals surface area contributed by atoms with Crippen LogP contribution in [-0.4, -0.2) is 25.5 Å². The van der Waals surface area contributed by atoms with Gasteiger partial charge in [0, 0.05) is 37.0 Å². The number of rotatable bonds is 6. The molecular formula is C23H19FN4O. The fourth-order valence-electron chi connectivity index (χ4n) is 3.37. The smallest absolute Gasteiger partial charge is 0.182 e. The van der Waals surface area contributed by atoms with E-state index in [0.29, 0.717) is 5.69 Å². The van der Waals surface area contributed by atoms with E-state index < -0.39 is 0 Å². The van der Waals surface area contributed by atoms with E-state index in [-0.39, 0.29) is 18.0 Å². The zero-order valence-corrected chi connectivity index (χ0v) is 15.9. The minimum absolute atomic E-state index is 0.0300. The molecule has 0 fully saturated rings. The molecule has 0 radical (unpaired) electrons. The number of aryl methyl sites for hydroxylation is 1. The molecular weight excluding hydrogens is 367 g/mol. The Morgan fingerprint density at radius 2 is 1.83 bits per heavy atom. The standard InChI is InChI=1S/C23H19FN4O/c1-3-4-20(29)18-9-10-19(26-18)23-21(15-11-13-25-14-12-15)22(27-28(23)2)16-5-7-17(24)8-6-16/h3,5-14,26H,1,4H2,2H3. The summed E-state index contributed by atoms with van der Waals surface area (Å²) in [5.41, 5.74) is 5.45. The number of hydrogen-bond donors (Lipinski definition) is 1. The summed E-state index contributed by atoms with van der Waals surface area (Å²) < 4.78 is 15.2. The molecule has 29 heavy (non-hydrogen) atoms. The number of aromatic nitrogens is 4. The molecule has 3 aromatic heterocycles. The fourth-order valence-corrected chi connectivity index (χ4v) is 3.37. The molecule has 0 aliphatic carbocycles. The third kappa shape index (κ3) is 3.52. The average molecular weight is 386 g/mol. The normalized spacial score (nSPS) is 10.8. The molecule has 0 spiro atoms. The quantitative estimate of drug-likeness (QED) is 0.373. The van der Waals surface area contributed by atoms with Crippen molar-refractivity contribution in [3.8, 4) is 33.8 Å². The summed E-state index contributed by atoms with van der Waals surface area (Å²) in [6.07, 6.45) is 5.29. The summed E-state index contributed by atoms with van der Waals surface area (Å²) in [5.74, 6) is -0.331. The number of carbonyl (C=O) groups is 1. The van der Waals surface area contributed by atoms with E-state index >= 15 is 0 Å². The predicted octanol–water partition coefficient (Wildman–Crippen LogP) is 5.04. The molecule has 1 aromatic carbocycles. The Morgan fingerprint density at radius 1 is 1.10 bits per heavy atom. The molecule has 0 aliphatic rings. The third-order valence-corrected chi connectivity index (χ3v) is 4.71. The molecule has 4 rings (SSSR count). The molecule has 4 aromatic rings. The second-order valence-electron chi connectivity index (χ2n) is 6.64. The van der Waals surface area contributed by atoms with Gasteiger partial charge in [-0.05, 0) is 54.1 Å². The van der Waals surface area contributed by atoms with Crippen LogP contribution in [0.25, 0.3) is 33.8 Å². The van der Waals surface area contributed by atoms with Crippen molar-refractivity contribution in [3.63, 3.8) is 0 Å². The van der Waals surface area contributed by atoms with Crippen molar-refractivity contribution in [2.24, 2.45) is 7.05 Å². The van der Waals surface area contributed by atoms with E-state index in [0.717, 1.165) is 33.8 Å². The van der Waals surface area contributed by atoms with E-state index in [1.54, 1.807) is 41.4 Å². The summed E-state index contributed by atoms with van der Waals surface area (Å²) in [5, 5.41) is 4.71. The van der Waals surface area contributed by atoms with Crippen LogP contribution in [0.4, 0.5) is 4.39 Å². The van der Waals surface area contributed by atoms with Crippen LogP contribution < -0.4 is 0 Å². The highest BCUT2D eigenvalue weighted by Gasteiger charge is 2.22. The number of nitrogens with one attached hydrogen (secondary N) is 1. The van der Waals surface area contributed by atoms with Crippen LogP contribution in [0, 0.1) is 5.82 Å². The topological polar surface area (TPSA) is 63.6 Å². The van der Waals surface area contributed by atoms with Gasteiger partial charge in [0.05, 0.1) is 17.1 Å². The number of pyridine rings is 1. The highest BCUT2D eigenvalue weighted by Crippen LogP contribution is 2.39. The van der Waals surface area contributed by atoms with E-state index in [1.807, 2.05) is 25.2 Å². The predicted molar refractivity (Wildman–Crippen MR) is 111 cm³/mol. The Labute approximate surface area is 167 Å². The lowest BCUT2D eigenvalue weighted by molar-refractivity contribution is 0.0992. The van der Waals surface area contributed by atoms with Gasteiger partial charge in [0.2, 0.25) is 0 Å². The minimum atomic E-state index is -0.301. The van der Waals surface area contributed by atoms with Crippen molar-refractivity contribution in [1.82, 2.24) is 19.7 Å². The van der Waals surface area contributed by atoms with Gasteiger partial charge in [-0.1, -0.05) is 6.08 Å². The maximum absolute atomic E-state index is 13.4. The molecule has 5 nitrogen and oxygen atoms in total. The number of hydrogen-bond acceptors (Lipinski definition) is 3. The molecule has 1 N–H and O–H groups in total. The largest absolute Gasteiger partial charge is 0.351 e. The third-order valence-electron chi connectivity index (χ3n) is 4.71. The first-order valence-electron chi connectivity index (χ1n) is 9.15. The Morgan fingerprint density at radius 3 is 2.52 bits per heavy atom. The maximum atomic E-state index is 13.4.